The maximum Gasteiger partial charge on any atom is 0.268 e. The number of anilines is 2. The van der Waals surface area contributed by atoms with Gasteiger partial charge in [-0.05, 0) is 86.8 Å². The van der Waals surface area contributed by atoms with Gasteiger partial charge in [-0.1, -0.05) is 59.7 Å². The molecule has 6 rings (SSSR count). The minimum Gasteiger partial charge on any atom is -0.497 e. The van der Waals surface area contributed by atoms with E-state index in [1.54, 1.807) is 78.3 Å². The number of sulfonamides is 2. The summed E-state index contributed by atoms with van der Waals surface area (Å²) in [6, 6.07) is 28.6. The van der Waals surface area contributed by atoms with Crippen molar-refractivity contribution in [1.82, 2.24) is 4.31 Å². The molecule has 4 aromatic carbocycles. The van der Waals surface area contributed by atoms with E-state index in [0.717, 1.165) is 22.4 Å². The molecule has 2 atom stereocenters. The molecular weight excluding hydrogens is 607 g/mol. The number of methoxy groups -OCH3 is 1. The van der Waals surface area contributed by atoms with Crippen molar-refractivity contribution < 1.29 is 21.6 Å². The van der Waals surface area contributed by atoms with E-state index >= 15 is 0 Å². The van der Waals surface area contributed by atoms with Crippen LogP contribution < -0.4 is 13.9 Å². The summed E-state index contributed by atoms with van der Waals surface area (Å²) in [5.41, 5.74) is 3.85. The smallest absolute Gasteiger partial charge is 0.268 e. The second kappa shape index (κ2) is 11.7. The van der Waals surface area contributed by atoms with Crippen LogP contribution in [0.5, 0.6) is 5.75 Å². The van der Waals surface area contributed by atoms with Gasteiger partial charge in [0, 0.05) is 30.9 Å². The summed E-state index contributed by atoms with van der Waals surface area (Å²) in [4.78, 5) is 2.48. The van der Waals surface area contributed by atoms with Gasteiger partial charge in [0.05, 0.1) is 22.6 Å². The zero-order valence-electron chi connectivity index (χ0n) is 25.8. The predicted molar refractivity (Wildman–Crippen MR) is 178 cm³/mol. The molecule has 0 radical (unpaired) electrons. The number of nitrogens with zero attached hydrogens (tertiary/aromatic N) is 3. The molecule has 4 aromatic rings. The average Bonchev–Trinajstić information content (AvgIpc) is 3.54. The summed E-state index contributed by atoms with van der Waals surface area (Å²) in [5, 5.41) is 0. The first-order valence-corrected chi connectivity index (χ1v) is 17.7. The molecule has 2 aliphatic heterocycles. The molecule has 1 fully saturated rings. The van der Waals surface area contributed by atoms with Crippen molar-refractivity contribution in [2.24, 2.45) is 0 Å². The quantitative estimate of drug-likeness (QED) is 0.215. The molecule has 1 saturated heterocycles. The van der Waals surface area contributed by atoms with E-state index in [1.165, 1.54) is 4.31 Å². The van der Waals surface area contributed by atoms with Crippen LogP contribution in [0.2, 0.25) is 0 Å². The molecule has 0 unspecified atom stereocenters. The van der Waals surface area contributed by atoms with Crippen LogP contribution in [0.3, 0.4) is 0 Å². The molecule has 0 aromatic heterocycles. The van der Waals surface area contributed by atoms with Gasteiger partial charge in [-0.3, -0.25) is 0 Å². The number of allylic oxidation sites excluding steroid dienone is 1. The normalized spacial score (nSPS) is 19.9. The van der Waals surface area contributed by atoms with E-state index in [9.17, 15) is 16.8 Å². The van der Waals surface area contributed by atoms with Crippen molar-refractivity contribution in [3.8, 4) is 5.75 Å². The van der Waals surface area contributed by atoms with Crippen LogP contribution in [0.25, 0.3) is 0 Å². The van der Waals surface area contributed by atoms with E-state index in [1.807, 2.05) is 62.2 Å². The summed E-state index contributed by atoms with van der Waals surface area (Å²) in [6.07, 6.45) is 3.99. The van der Waals surface area contributed by atoms with Gasteiger partial charge in [0.15, 0.2) is 0 Å². The third-order valence-corrected chi connectivity index (χ3v) is 12.6. The monoisotopic (exact) mass is 643 g/mol. The first kappa shape index (κ1) is 30.9. The lowest BCUT2D eigenvalue weighted by molar-refractivity contribution is 0.314. The Balaban J connectivity index is 1.40. The van der Waals surface area contributed by atoms with Crippen molar-refractivity contribution in [1.29, 1.82) is 0 Å². The molecule has 0 saturated carbocycles. The predicted octanol–water partition coefficient (Wildman–Crippen LogP) is 6.22. The topological polar surface area (TPSA) is 87.2 Å². The first-order valence-electron chi connectivity index (χ1n) is 14.8. The summed E-state index contributed by atoms with van der Waals surface area (Å²) in [6.45, 7) is 4.18. The van der Waals surface area contributed by atoms with Crippen LogP contribution >= 0.6 is 0 Å². The van der Waals surface area contributed by atoms with Gasteiger partial charge in [-0.15, -0.1) is 0 Å². The standard InChI is InChI=1S/C35H37N3O5S2/c1-26-10-18-30(19-11-26)44(39,40)37(28-14-16-29(43-4)17-15-28)24-7-22-35-23-25-38(45(41,42)31-20-12-27(2)13-21-31)34(35)36(3)33-9-6-5-8-32(33)35/h5-21,24,34H,22-23,25H2,1-4H3/b24-7-/t34-,35-/m0/s1. The molecule has 0 amide bonds. The van der Waals surface area contributed by atoms with Crippen molar-refractivity contribution >= 4 is 31.4 Å². The largest absolute Gasteiger partial charge is 0.497 e. The number of aryl methyl sites for hydroxylation is 2. The zero-order valence-corrected chi connectivity index (χ0v) is 27.4. The Bertz CT molecular complexity index is 1940. The van der Waals surface area contributed by atoms with Gasteiger partial charge in [-0.25, -0.2) is 21.1 Å². The minimum atomic E-state index is -3.97. The van der Waals surface area contributed by atoms with E-state index in [0.29, 0.717) is 30.8 Å². The van der Waals surface area contributed by atoms with Crippen LogP contribution in [0.15, 0.2) is 119 Å². The van der Waals surface area contributed by atoms with E-state index in [-0.39, 0.29) is 9.79 Å². The van der Waals surface area contributed by atoms with Crippen LogP contribution in [0.4, 0.5) is 11.4 Å². The Hall–Kier alpha value is -4.12. The van der Waals surface area contributed by atoms with Crippen LogP contribution in [0.1, 0.15) is 29.5 Å². The van der Waals surface area contributed by atoms with Gasteiger partial charge in [0.25, 0.3) is 10.0 Å². The molecule has 0 spiro atoms. The Morgan fingerprint density at radius 2 is 1.44 bits per heavy atom. The molecule has 2 heterocycles. The number of fused-ring (bicyclic) bond motifs is 3. The van der Waals surface area contributed by atoms with E-state index < -0.39 is 31.6 Å². The number of hydrogen-bond donors (Lipinski definition) is 0. The lowest BCUT2D eigenvalue weighted by Gasteiger charge is -2.35. The molecule has 0 aliphatic carbocycles. The lowest BCUT2D eigenvalue weighted by atomic mass is 9.76. The van der Waals surface area contributed by atoms with Crippen molar-refractivity contribution in [2.45, 2.75) is 48.1 Å². The van der Waals surface area contributed by atoms with Crippen LogP contribution in [-0.4, -0.2) is 48.0 Å². The van der Waals surface area contributed by atoms with Crippen molar-refractivity contribution in [3.63, 3.8) is 0 Å². The van der Waals surface area contributed by atoms with Crippen LogP contribution in [-0.2, 0) is 25.5 Å². The number of para-hydroxylation sites is 1. The van der Waals surface area contributed by atoms with Gasteiger partial charge >= 0.3 is 0 Å². The Morgan fingerprint density at radius 3 is 2.07 bits per heavy atom. The fourth-order valence-corrected chi connectivity index (χ4v) is 9.68. The maximum absolute atomic E-state index is 14.0. The van der Waals surface area contributed by atoms with Crippen LogP contribution in [0, 0.1) is 13.8 Å². The van der Waals surface area contributed by atoms with Crippen molar-refractivity contribution in [3.05, 3.63) is 126 Å². The Labute approximate surface area is 266 Å². The van der Waals surface area contributed by atoms with Gasteiger partial charge in [0.2, 0.25) is 10.0 Å². The van der Waals surface area contributed by atoms with E-state index in [4.69, 9.17) is 4.74 Å². The number of rotatable bonds is 9. The summed E-state index contributed by atoms with van der Waals surface area (Å²) in [7, 11) is -4.27. The van der Waals surface area contributed by atoms with Gasteiger partial charge < -0.3 is 9.64 Å². The SMILES string of the molecule is COc1ccc(N(/C=C\C[C@@]23CCN(S(=O)(=O)c4ccc(C)cc4)[C@@H]2N(C)c2ccccc23)S(=O)(=O)c2ccc(C)cc2)cc1. The summed E-state index contributed by atoms with van der Waals surface area (Å²) in [5.74, 6) is 0.614. The molecule has 0 N–H and O–H groups in total. The van der Waals surface area contributed by atoms with Gasteiger partial charge in [-0.2, -0.15) is 4.31 Å². The number of likely N-dealkylation sites (N-methyl/N-ethyl adjacent to an activating group) is 1. The Kier molecular flexibility index (Phi) is 8.01. The average molecular weight is 644 g/mol. The second-order valence-electron chi connectivity index (χ2n) is 11.7. The number of ether oxygens (including phenoxy) is 1. The fraction of sp³-hybridized carbons (Fsp3) is 0.257. The number of benzene rings is 4. The fourth-order valence-electron chi connectivity index (χ4n) is 6.64. The highest BCUT2D eigenvalue weighted by Crippen LogP contribution is 2.54. The second-order valence-corrected chi connectivity index (χ2v) is 15.4. The van der Waals surface area contributed by atoms with E-state index in [2.05, 4.69) is 6.07 Å². The zero-order chi connectivity index (χ0) is 32.0. The lowest BCUT2D eigenvalue weighted by Crippen LogP contribution is -2.50. The highest BCUT2D eigenvalue weighted by molar-refractivity contribution is 7.93. The highest BCUT2D eigenvalue weighted by Gasteiger charge is 2.58. The van der Waals surface area contributed by atoms with Gasteiger partial charge in [0.1, 0.15) is 11.9 Å². The third kappa shape index (κ3) is 5.30. The summed E-state index contributed by atoms with van der Waals surface area (Å²) < 4.78 is 64.3. The number of hydrogen-bond acceptors (Lipinski definition) is 6. The molecule has 10 heteroatoms. The molecule has 8 nitrogen and oxygen atoms in total. The Morgan fingerprint density at radius 1 is 0.844 bits per heavy atom. The van der Waals surface area contributed by atoms with Crippen molar-refractivity contribution in [2.75, 3.05) is 29.9 Å². The molecule has 45 heavy (non-hydrogen) atoms. The highest BCUT2D eigenvalue weighted by atomic mass is 32.2. The molecule has 0 bridgehead atoms. The molecular formula is C35H37N3O5S2. The first-order chi connectivity index (χ1) is 21.5. The third-order valence-electron chi connectivity index (χ3n) is 8.99. The minimum absolute atomic E-state index is 0.173. The molecule has 234 valence electrons. The summed E-state index contributed by atoms with van der Waals surface area (Å²) >= 11 is 0. The molecule has 2 aliphatic rings. The maximum atomic E-state index is 14.0.